The number of aromatic amines is 1. The van der Waals surface area contributed by atoms with Gasteiger partial charge in [-0.15, -0.1) is 0 Å². The molecular formula is C22H18N2O3S. The lowest BCUT2D eigenvalue weighted by Gasteiger charge is -2.07. The predicted molar refractivity (Wildman–Crippen MR) is 108 cm³/mol. The maximum Gasteiger partial charge on any atom is 0.267 e. The quantitative estimate of drug-likeness (QED) is 0.542. The van der Waals surface area contributed by atoms with Crippen LogP contribution in [0.25, 0.3) is 10.9 Å². The van der Waals surface area contributed by atoms with E-state index in [1.165, 1.54) is 0 Å². The number of nitrogens with one attached hydrogen (secondary N) is 2. The van der Waals surface area contributed by atoms with Crippen LogP contribution in [0.3, 0.4) is 0 Å². The van der Waals surface area contributed by atoms with Crippen molar-refractivity contribution in [1.29, 1.82) is 0 Å². The van der Waals surface area contributed by atoms with Gasteiger partial charge in [-0.05, 0) is 42.0 Å². The second kappa shape index (κ2) is 7.32. The highest BCUT2D eigenvalue weighted by molar-refractivity contribution is 7.91. The standard InChI is InChI=1S/C22H18N2O3S/c25-22(21-14-17-6-4-5-9-20(17)24-21)23-15-16-10-12-19(13-11-16)28(26,27)18-7-2-1-3-8-18/h1-14,24H,15H2,(H,23,25). The smallest absolute Gasteiger partial charge is 0.267 e. The number of rotatable bonds is 5. The molecule has 0 radical (unpaired) electrons. The molecule has 1 aromatic heterocycles. The Morgan fingerprint density at radius 1 is 0.821 bits per heavy atom. The normalized spacial score (nSPS) is 11.4. The molecule has 0 atom stereocenters. The Morgan fingerprint density at radius 3 is 2.18 bits per heavy atom. The van der Waals surface area contributed by atoms with Crippen LogP contribution in [-0.2, 0) is 16.4 Å². The van der Waals surface area contributed by atoms with Crippen LogP contribution in [0.4, 0.5) is 0 Å². The highest BCUT2D eigenvalue weighted by Gasteiger charge is 2.17. The third-order valence-electron chi connectivity index (χ3n) is 4.51. The number of aromatic nitrogens is 1. The van der Waals surface area contributed by atoms with Crippen molar-refractivity contribution in [3.05, 3.63) is 96.2 Å². The second-order valence-electron chi connectivity index (χ2n) is 6.41. The molecule has 1 amide bonds. The molecule has 0 unspecified atom stereocenters. The fourth-order valence-corrected chi connectivity index (χ4v) is 4.28. The van der Waals surface area contributed by atoms with E-state index < -0.39 is 9.84 Å². The number of sulfone groups is 1. The van der Waals surface area contributed by atoms with Crippen molar-refractivity contribution < 1.29 is 13.2 Å². The Hall–Kier alpha value is -3.38. The Morgan fingerprint density at radius 2 is 1.46 bits per heavy atom. The first-order chi connectivity index (χ1) is 13.5. The summed E-state index contributed by atoms with van der Waals surface area (Å²) >= 11 is 0. The monoisotopic (exact) mass is 390 g/mol. The van der Waals surface area contributed by atoms with Crippen molar-refractivity contribution in [3.8, 4) is 0 Å². The molecule has 6 heteroatoms. The van der Waals surface area contributed by atoms with E-state index in [9.17, 15) is 13.2 Å². The van der Waals surface area contributed by atoms with Gasteiger partial charge in [-0.25, -0.2) is 8.42 Å². The van der Waals surface area contributed by atoms with Crippen molar-refractivity contribution in [2.75, 3.05) is 0 Å². The molecule has 0 aliphatic carbocycles. The Balaban J connectivity index is 1.45. The number of amides is 1. The van der Waals surface area contributed by atoms with Crippen LogP contribution < -0.4 is 5.32 Å². The summed E-state index contributed by atoms with van der Waals surface area (Å²) in [4.78, 5) is 15.9. The minimum atomic E-state index is -3.54. The number of hydrogen-bond donors (Lipinski definition) is 2. The van der Waals surface area contributed by atoms with Gasteiger partial charge < -0.3 is 10.3 Å². The van der Waals surface area contributed by atoms with E-state index in [1.54, 1.807) is 60.7 Å². The molecule has 0 bridgehead atoms. The van der Waals surface area contributed by atoms with Crippen LogP contribution in [0.15, 0.2) is 94.7 Å². The fraction of sp³-hybridized carbons (Fsp3) is 0.0455. The Bertz CT molecular complexity index is 1190. The number of H-pyrrole nitrogens is 1. The molecule has 1 heterocycles. The Labute approximate surface area is 163 Å². The summed E-state index contributed by atoms with van der Waals surface area (Å²) in [6.45, 7) is 0.305. The number of para-hydroxylation sites is 1. The van der Waals surface area contributed by atoms with Gasteiger partial charge in [-0.2, -0.15) is 0 Å². The zero-order chi connectivity index (χ0) is 19.6. The summed E-state index contributed by atoms with van der Waals surface area (Å²) < 4.78 is 25.2. The summed E-state index contributed by atoms with van der Waals surface area (Å²) in [5, 5.41) is 3.82. The average molecular weight is 390 g/mol. The van der Waals surface area contributed by atoms with Gasteiger partial charge >= 0.3 is 0 Å². The third kappa shape index (κ3) is 3.54. The molecular weight excluding hydrogens is 372 g/mol. The van der Waals surface area contributed by atoms with Crippen molar-refractivity contribution in [2.24, 2.45) is 0 Å². The summed E-state index contributed by atoms with van der Waals surface area (Å²) in [5.41, 5.74) is 2.21. The maximum atomic E-state index is 12.6. The summed E-state index contributed by atoms with van der Waals surface area (Å²) in [5.74, 6) is -0.211. The van der Waals surface area contributed by atoms with E-state index in [4.69, 9.17) is 0 Å². The van der Waals surface area contributed by atoms with E-state index in [0.717, 1.165) is 16.5 Å². The molecule has 0 saturated carbocycles. The average Bonchev–Trinajstić information content (AvgIpc) is 3.17. The molecule has 140 valence electrons. The maximum absolute atomic E-state index is 12.6. The number of hydrogen-bond acceptors (Lipinski definition) is 3. The van der Waals surface area contributed by atoms with Crippen LogP contribution in [-0.4, -0.2) is 19.3 Å². The highest BCUT2D eigenvalue weighted by atomic mass is 32.2. The molecule has 0 aliphatic rings. The van der Waals surface area contributed by atoms with E-state index in [-0.39, 0.29) is 15.7 Å². The number of fused-ring (bicyclic) bond motifs is 1. The number of benzene rings is 3. The molecule has 2 N–H and O–H groups in total. The van der Waals surface area contributed by atoms with Gasteiger partial charge in [0.25, 0.3) is 5.91 Å². The van der Waals surface area contributed by atoms with Crippen LogP contribution in [0.5, 0.6) is 0 Å². The number of carbonyl (C=O) groups excluding carboxylic acids is 1. The summed E-state index contributed by atoms with van der Waals surface area (Å²) in [6, 6.07) is 24.3. The predicted octanol–water partition coefficient (Wildman–Crippen LogP) is 3.93. The third-order valence-corrected chi connectivity index (χ3v) is 6.30. The highest BCUT2D eigenvalue weighted by Crippen LogP contribution is 2.21. The topological polar surface area (TPSA) is 79.0 Å². The Kier molecular flexibility index (Phi) is 4.71. The van der Waals surface area contributed by atoms with Crippen LogP contribution in [0.2, 0.25) is 0 Å². The van der Waals surface area contributed by atoms with Crippen LogP contribution in [0.1, 0.15) is 16.1 Å². The first-order valence-corrected chi connectivity index (χ1v) is 10.3. The lowest BCUT2D eigenvalue weighted by atomic mass is 10.2. The second-order valence-corrected chi connectivity index (χ2v) is 8.36. The van der Waals surface area contributed by atoms with Gasteiger partial charge in [-0.1, -0.05) is 48.5 Å². The zero-order valence-corrected chi connectivity index (χ0v) is 15.7. The first kappa shape index (κ1) is 18.0. The zero-order valence-electron chi connectivity index (χ0n) is 14.9. The van der Waals surface area contributed by atoms with E-state index in [2.05, 4.69) is 10.3 Å². The van der Waals surface area contributed by atoms with Crippen molar-refractivity contribution >= 4 is 26.6 Å². The first-order valence-electron chi connectivity index (χ1n) is 8.79. The minimum Gasteiger partial charge on any atom is -0.351 e. The van der Waals surface area contributed by atoms with E-state index >= 15 is 0 Å². The van der Waals surface area contributed by atoms with Gasteiger partial charge in [0.1, 0.15) is 5.69 Å². The van der Waals surface area contributed by atoms with Crippen LogP contribution >= 0.6 is 0 Å². The fourth-order valence-electron chi connectivity index (χ4n) is 3.00. The minimum absolute atomic E-state index is 0.211. The molecule has 4 aromatic rings. The summed E-state index contributed by atoms with van der Waals surface area (Å²) in [7, 11) is -3.54. The molecule has 3 aromatic carbocycles. The molecule has 5 nitrogen and oxygen atoms in total. The van der Waals surface area contributed by atoms with Crippen molar-refractivity contribution in [1.82, 2.24) is 10.3 Å². The SMILES string of the molecule is O=C(NCc1ccc(S(=O)(=O)c2ccccc2)cc1)c1cc2ccccc2[nH]1. The lowest BCUT2D eigenvalue weighted by Crippen LogP contribution is -2.23. The van der Waals surface area contributed by atoms with Crippen molar-refractivity contribution in [2.45, 2.75) is 16.3 Å². The van der Waals surface area contributed by atoms with Gasteiger partial charge in [0.2, 0.25) is 9.84 Å². The van der Waals surface area contributed by atoms with Gasteiger partial charge in [0.15, 0.2) is 0 Å². The molecule has 0 aliphatic heterocycles. The molecule has 28 heavy (non-hydrogen) atoms. The molecule has 0 fully saturated rings. The van der Waals surface area contributed by atoms with E-state index in [0.29, 0.717) is 12.2 Å². The van der Waals surface area contributed by atoms with Crippen LogP contribution in [0, 0.1) is 0 Å². The molecule has 0 saturated heterocycles. The van der Waals surface area contributed by atoms with Gasteiger partial charge in [0.05, 0.1) is 9.79 Å². The largest absolute Gasteiger partial charge is 0.351 e. The summed E-state index contributed by atoms with van der Waals surface area (Å²) in [6.07, 6.45) is 0. The number of carbonyl (C=O) groups is 1. The molecule has 4 rings (SSSR count). The van der Waals surface area contributed by atoms with E-state index in [1.807, 2.05) is 24.3 Å². The van der Waals surface area contributed by atoms with Crippen molar-refractivity contribution in [3.63, 3.8) is 0 Å². The lowest BCUT2D eigenvalue weighted by molar-refractivity contribution is 0.0946. The molecule has 0 spiro atoms. The van der Waals surface area contributed by atoms with Gasteiger partial charge in [-0.3, -0.25) is 4.79 Å². The van der Waals surface area contributed by atoms with Gasteiger partial charge in [0, 0.05) is 17.4 Å².